The van der Waals surface area contributed by atoms with E-state index in [1.54, 1.807) is 11.3 Å². The number of halogens is 1. The third-order valence-electron chi connectivity index (χ3n) is 3.94. The van der Waals surface area contributed by atoms with Gasteiger partial charge in [-0.1, -0.05) is 17.7 Å². The van der Waals surface area contributed by atoms with E-state index >= 15 is 0 Å². The first-order valence-corrected chi connectivity index (χ1v) is 8.56. The monoisotopic (exact) mass is 321 g/mol. The van der Waals surface area contributed by atoms with Crippen LogP contribution in [0, 0.1) is 0 Å². The summed E-state index contributed by atoms with van der Waals surface area (Å²) in [5.41, 5.74) is 0.936. The molecule has 2 aromatic heterocycles. The summed E-state index contributed by atoms with van der Waals surface area (Å²) in [6.45, 7) is 2.95. The third-order valence-corrected chi connectivity index (χ3v) is 5.32. The zero-order valence-corrected chi connectivity index (χ0v) is 13.9. The number of aromatic nitrogens is 1. The molecule has 0 aliphatic heterocycles. The Morgan fingerprint density at radius 1 is 1.43 bits per heavy atom. The molecule has 1 unspecified atom stereocenters. The predicted molar refractivity (Wildman–Crippen MR) is 90.2 cm³/mol. The molecule has 1 atom stereocenters. The molecule has 0 spiro atoms. The van der Waals surface area contributed by atoms with Crippen molar-refractivity contribution in [2.24, 2.45) is 0 Å². The summed E-state index contributed by atoms with van der Waals surface area (Å²) in [5, 5.41) is 6.32. The second kappa shape index (κ2) is 6.34. The summed E-state index contributed by atoms with van der Waals surface area (Å²) in [7, 11) is 2.08. The number of anilines is 1. The average Bonchev–Trinajstić information content (AvgIpc) is 3.16. The van der Waals surface area contributed by atoms with Crippen LogP contribution >= 0.6 is 22.9 Å². The van der Waals surface area contributed by atoms with Gasteiger partial charge in [-0.3, -0.25) is 0 Å². The summed E-state index contributed by atoms with van der Waals surface area (Å²) < 4.78 is 0. The van der Waals surface area contributed by atoms with Gasteiger partial charge in [0.2, 0.25) is 0 Å². The van der Waals surface area contributed by atoms with E-state index in [-0.39, 0.29) is 0 Å². The number of nitrogens with one attached hydrogen (secondary N) is 1. The first-order chi connectivity index (χ1) is 10.1. The minimum absolute atomic E-state index is 0.308. The second-order valence-electron chi connectivity index (χ2n) is 5.56. The van der Waals surface area contributed by atoms with Gasteiger partial charge in [0.1, 0.15) is 5.82 Å². The molecule has 1 aliphatic carbocycles. The van der Waals surface area contributed by atoms with Gasteiger partial charge < -0.3 is 10.2 Å². The van der Waals surface area contributed by atoms with Crippen molar-refractivity contribution in [3.63, 3.8) is 0 Å². The van der Waals surface area contributed by atoms with E-state index in [1.807, 2.05) is 12.1 Å². The Morgan fingerprint density at radius 3 is 2.90 bits per heavy atom. The van der Waals surface area contributed by atoms with Crippen LogP contribution in [-0.2, 0) is 6.54 Å². The van der Waals surface area contributed by atoms with E-state index in [4.69, 9.17) is 16.6 Å². The summed E-state index contributed by atoms with van der Waals surface area (Å²) in [6.07, 6.45) is 2.54. The van der Waals surface area contributed by atoms with Gasteiger partial charge >= 0.3 is 0 Å². The van der Waals surface area contributed by atoms with Crippen LogP contribution in [0.2, 0.25) is 5.02 Å². The lowest BCUT2D eigenvalue weighted by Gasteiger charge is -2.25. The first-order valence-electron chi connectivity index (χ1n) is 7.30. The maximum Gasteiger partial charge on any atom is 0.129 e. The Bertz CT molecular complexity index is 596. The minimum atomic E-state index is 0.308. The van der Waals surface area contributed by atoms with E-state index in [0.717, 1.165) is 23.1 Å². The zero-order valence-electron chi connectivity index (χ0n) is 12.3. The molecule has 112 valence electrons. The lowest BCUT2D eigenvalue weighted by Crippen LogP contribution is -2.23. The number of thiophene rings is 1. The van der Waals surface area contributed by atoms with Crippen molar-refractivity contribution in [2.45, 2.75) is 38.4 Å². The molecule has 21 heavy (non-hydrogen) atoms. The topological polar surface area (TPSA) is 28.2 Å². The van der Waals surface area contributed by atoms with Crippen LogP contribution in [0.3, 0.4) is 0 Å². The van der Waals surface area contributed by atoms with Gasteiger partial charge in [-0.2, -0.15) is 0 Å². The van der Waals surface area contributed by atoms with E-state index in [0.29, 0.717) is 12.1 Å². The molecular weight excluding hydrogens is 302 g/mol. The smallest absolute Gasteiger partial charge is 0.129 e. The molecule has 0 saturated heterocycles. The highest BCUT2D eigenvalue weighted by atomic mass is 35.5. The van der Waals surface area contributed by atoms with Gasteiger partial charge in [-0.25, -0.2) is 4.98 Å². The van der Waals surface area contributed by atoms with Crippen LogP contribution in [0.5, 0.6) is 0 Å². The van der Waals surface area contributed by atoms with Crippen LogP contribution in [-0.4, -0.2) is 18.1 Å². The van der Waals surface area contributed by atoms with Crippen molar-refractivity contribution in [1.82, 2.24) is 10.3 Å². The fraction of sp³-hybridized carbons (Fsp3) is 0.438. The van der Waals surface area contributed by atoms with E-state index in [9.17, 15) is 0 Å². The Balaban J connectivity index is 1.75. The number of hydrogen-bond acceptors (Lipinski definition) is 4. The van der Waals surface area contributed by atoms with Crippen molar-refractivity contribution >= 4 is 28.8 Å². The van der Waals surface area contributed by atoms with Crippen molar-refractivity contribution in [2.75, 3.05) is 11.9 Å². The van der Waals surface area contributed by atoms with Crippen molar-refractivity contribution in [1.29, 1.82) is 0 Å². The molecule has 2 aromatic rings. The van der Waals surface area contributed by atoms with E-state index in [1.165, 1.54) is 17.7 Å². The Morgan fingerprint density at radius 2 is 2.24 bits per heavy atom. The fourth-order valence-corrected chi connectivity index (χ4v) is 3.24. The average molecular weight is 322 g/mol. The third kappa shape index (κ3) is 3.57. The summed E-state index contributed by atoms with van der Waals surface area (Å²) in [4.78, 5) is 8.28. The molecule has 0 radical (unpaired) electrons. The van der Waals surface area contributed by atoms with Gasteiger partial charge in [0, 0.05) is 24.5 Å². The van der Waals surface area contributed by atoms with Crippen LogP contribution in [0.1, 0.15) is 36.4 Å². The number of pyridine rings is 1. The van der Waals surface area contributed by atoms with Crippen LogP contribution < -0.4 is 10.2 Å². The van der Waals surface area contributed by atoms with Gasteiger partial charge in [-0.15, -0.1) is 11.3 Å². The number of nitrogens with zero attached hydrogens (tertiary/aromatic N) is 2. The van der Waals surface area contributed by atoms with E-state index in [2.05, 4.69) is 41.7 Å². The second-order valence-corrected chi connectivity index (χ2v) is 6.94. The van der Waals surface area contributed by atoms with Crippen LogP contribution in [0.25, 0.3) is 0 Å². The lowest BCUT2D eigenvalue weighted by atomic mass is 10.2. The molecule has 3 nitrogen and oxygen atoms in total. The summed E-state index contributed by atoms with van der Waals surface area (Å²) >= 11 is 8.04. The molecule has 1 saturated carbocycles. The SMILES string of the molecule is CC(c1cccs1)N(C)c1ccc(Cl)c(CNC2CC2)n1. The highest BCUT2D eigenvalue weighted by molar-refractivity contribution is 7.10. The van der Waals surface area contributed by atoms with E-state index < -0.39 is 0 Å². The molecule has 1 aliphatic rings. The normalized spacial score (nSPS) is 16.0. The molecule has 0 bridgehead atoms. The standard InChI is InChI=1S/C16H20ClN3S/c1-11(15-4-3-9-21-15)20(2)16-8-7-13(17)14(19-16)10-18-12-5-6-12/h3-4,7-9,11-12,18H,5-6,10H2,1-2H3. The molecule has 2 heterocycles. The maximum absolute atomic E-state index is 6.26. The van der Waals surface area contributed by atoms with Crippen LogP contribution in [0.4, 0.5) is 5.82 Å². The summed E-state index contributed by atoms with van der Waals surface area (Å²) in [5.74, 6) is 0.966. The molecule has 0 amide bonds. The predicted octanol–water partition coefficient (Wildman–Crippen LogP) is 4.25. The van der Waals surface area contributed by atoms with Gasteiger partial charge in [0.25, 0.3) is 0 Å². The van der Waals surface area contributed by atoms with Gasteiger partial charge in [0.05, 0.1) is 16.8 Å². The molecule has 0 aromatic carbocycles. The Hall–Kier alpha value is -1.10. The highest BCUT2D eigenvalue weighted by Gasteiger charge is 2.21. The lowest BCUT2D eigenvalue weighted by molar-refractivity contribution is 0.669. The Kier molecular flexibility index (Phi) is 4.48. The molecule has 3 rings (SSSR count). The first kappa shape index (κ1) is 14.8. The summed E-state index contributed by atoms with van der Waals surface area (Å²) in [6, 6.07) is 9.16. The number of rotatable bonds is 6. The van der Waals surface area contributed by atoms with Crippen LogP contribution in [0.15, 0.2) is 29.6 Å². The number of hydrogen-bond donors (Lipinski definition) is 1. The molecule has 5 heteroatoms. The molecule has 1 fully saturated rings. The highest BCUT2D eigenvalue weighted by Crippen LogP contribution is 2.28. The zero-order chi connectivity index (χ0) is 14.8. The molecular formula is C16H20ClN3S. The van der Waals surface area contributed by atoms with Crippen molar-refractivity contribution < 1.29 is 0 Å². The van der Waals surface area contributed by atoms with Gasteiger partial charge in [-0.05, 0) is 43.3 Å². The Labute approximate surface area is 135 Å². The van der Waals surface area contributed by atoms with Gasteiger partial charge in [0.15, 0.2) is 0 Å². The maximum atomic E-state index is 6.26. The van der Waals surface area contributed by atoms with Crippen molar-refractivity contribution in [3.05, 3.63) is 45.2 Å². The fourth-order valence-electron chi connectivity index (χ4n) is 2.24. The quantitative estimate of drug-likeness (QED) is 0.862. The minimum Gasteiger partial charge on any atom is -0.352 e. The molecule has 1 N–H and O–H groups in total. The van der Waals surface area contributed by atoms with Crippen molar-refractivity contribution in [3.8, 4) is 0 Å². The largest absolute Gasteiger partial charge is 0.352 e.